The number of rotatable bonds is 5. The summed E-state index contributed by atoms with van der Waals surface area (Å²) in [5.74, 6) is -0.145. The van der Waals surface area contributed by atoms with Crippen LogP contribution in [0.1, 0.15) is 29.6 Å². The maximum atomic E-state index is 14.3. The maximum Gasteiger partial charge on any atom is 0.251 e. The van der Waals surface area contributed by atoms with Gasteiger partial charge in [0.2, 0.25) is 0 Å². The Morgan fingerprint density at radius 2 is 1.92 bits per heavy atom. The van der Waals surface area contributed by atoms with E-state index in [1.165, 1.54) is 25.0 Å². The first-order chi connectivity index (χ1) is 12.6. The third-order valence-corrected chi connectivity index (χ3v) is 5.38. The number of carbonyl (C=O) groups excluding carboxylic acids is 1. The van der Waals surface area contributed by atoms with Crippen molar-refractivity contribution >= 4 is 21.8 Å². The van der Waals surface area contributed by atoms with Crippen LogP contribution in [0.25, 0.3) is 0 Å². The van der Waals surface area contributed by atoms with Gasteiger partial charge < -0.3 is 10.1 Å². The molecule has 1 saturated heterocycles. The molecule has 1 aliphatic heterocycles. The number of ether oxygens (including phenoxy) is 1. The molecule has 2 aliphatic rings. The zero-order chi connectivity index (χ0) is 18.1. The molecule has 0 radical (unpaired) electrons. The van der Waals surface area contributed by atoms with Gasteiger partial charge >= 0.3 is 0 Å². The van der Waals surface area contributed by atoms with Gasteiger partial charge in [0.05, 0.1) is 0 Å². The SMILES string of the molecule is O=C(N[C@H]1CCN(C2CC2)C1)c1ccc(Oc2ccc(Br)cc2)c(F)c1. The van der Waals surface area contributed by atoms with E-state index in [2.05, 4.69) is 26.1 Å². The smallest absolute Gasteiger partial charge is 0.251 e. The summed E-state index contributed by atoms with van der Waals surface area (Å²) in [6.07, 6.45) is 3.49. The van der Waals surface area contributed by atoms with Crippen LogP contribution in [-0.4, -0.2) is 36.0 Å². The van der Waals surface area contributed by atoms with Gasteiger partial charge in [0.25, 0.3) is 5.91 Å². The van der Waals surface area contributed by atoms with E-state index < -0.39 is 5.82 Å². The number of benzene rings is 2. The summed E-state index contributed by atoms with van der Waals surface area (Å²) in [7, 11) is 0. The molecule has 1 N–H and O–H groups in total. The van der Waals surface area contributed by atoms with E-state index in [1.54, 1.807) is 18.2 Å². The van der Waals surface area contributed by atoms with Crippen molar-refractivity contribution in [1.29, 1.82) is 0 Å². The summed E-state index contributed by atoms with van der Waals surface area (Å²) in [5.41, 5.74) is 0.315. The van der Waals surface area contributed by atoms with Crippen molar-refractivity contribution in [2.75, 3.05) is 13.1 Å². The standard InChI is InChI=1S/C20H20BrFN2O2/c21-14-2-6-17(7-3-14)26-19-8-1-13(11-18(19)22)20(25)23-15-9-10-24(12-15)16-4-5-16/h1-3,6-8,11,15-16H,4-5,9-10,12H2,(H,23,25)/t15-/m0/s1. The fourth-order valence-electron chi connectivity index (χ4n) is 3.30. The minimum atomic E-state index is -0.549. The molecule has 1 saturated carbocycles. The fraction of sp³-hybridized carbons (Fsp3) is 0.350. The Kier molecular flexibility index (Phi) is 4.96. The molecule has 1 heterocycles. The highest BCUT2D eigenvalue weighted by atomic mass is 79.9. The van der Waals surface area contributed by atoms with Gasteiger partial charge in [0.15, 0.2) is 11.6 Å². The van der Waals surface area contributed by atoms with Gasteiger partial charge in [-0.2, -0.15) is 0 Å². The molecule has 1 amide bonds. The summed E-state index contributed by atoms with van der Waals surface area (Å²) in [4.78, 5) is 14.8. The van der Waals surface area contributed by atoms with Crippen molar-refractivity contribution in [3.05, 3.63) is 58.3 Å². The molecule has 2 aromatic carbocycles. The quantitative estimate of drug-likeness (QED) is 0.784. The number of hydrogen-bond donors (Lipinski definition) is 1. The van der Waals surface area contributed by atoms with Crippen molar-refractivity contribution < 1.29 is 13.9 Å². The molecule has 26 heavy (non-hydrogen) atoms. The maximum absolute atomic E-state index is 14.3. The highest BCUT2D eigenvalue weighted by Gasteiger charge is 2.34. The predicted octanol–water partition coefficient (Wildman–Crippen LogP) is 4.35. The van der Waals surface area contributed by atoms with E-state index in [0.717, 1.165) is 24.0 Å². The van der Waals surface area contributed by atoms with E-state index in [1.807, 2.05) is 12.1 Å². The summed E-state index contributed by atoms with van der Waals surface area (Å²) in [6, 6.07) is 12.3. The first kappa shape index (κ1) is 17.5. The van der Waals surface area contributed by atoms with Gasteiger partial charge in [0.1, 0.15) is 5.75 Å². The molecule has 0 unspecified atom stereocenters. The molecular formula is C20H20BrFN2O2. The Bertz CT molecular complexity index is 808. The number of carbonyl (C=O) groups is 1. The van der Waals surface area contributed by atoms with Crippen molar-refractivity contribution in [2.45, 2.75) is 31.3 Å². The normalized spacial score (nSPS) is 20.2. The Balaban J connectivity index is 1.38. The molecule has 1 atom stereocenters. The summed E-state index contributed by atoms with van der Waals surface area (Å²) < 4.78 is 20.8. The number of amides is 1. The second-order valence-corrected chi connectivity index (χ2v) is 7.80. The van der Waals surface area contributed by atoms with Crippen LogP contribution in [0.4, 0.5) is 4.39 Å². The minimum Gasteiger partial charge on any atom is -0.454 e. The molecule has 136 valence electrons. The van der Waals surface area contributed by atoms with Crippen molar-refractivity contribution in [1.82, 2.24) is 10.2 Å². The molecule has 1 aliphatic carbocycles. The van der Waals surface area contributed by atoms with E-state index in [0.29, 0.717) is 17.4 Å². The number of likely N-dealkylation sites (tertiary alicyclic amines) is 1. The first-order valence-corrected chi connectivity index (χ1v) is 9.66. The molecule has 2 aromatic rings. The first-order valence-electron chi connectivity index (χ1n) is 8.86. The largest absolute Gasteiger partial charge is 0.454 e. The molecule has 0 aromatic heterocycles. The Morgan fingerprint density at radius 3 is 2.62 bits per heavy atom. The van der Waals surface area contributed by atoms with Crippen LogP contribution in [0.15, 0.2) is 46.9 Å². The van der Waals surface area contributed by atoms with Gasteiger partial charge in [-0.3, -0.25) is 9.69 Å². The van der Waals surface area contributed by atoms with Crippen molar-refractivity contribution in [3.63, 3.8) is 0 Å². The van der Waals surface area contributed by atoms with Crippen molar-refractivity contribution in [2.24, 2.45) is 0 Å². The number of nitrogens with zero attached hydrogens (tertiary/aromatic N) is 1. The summed E-state index contributed by atoms with van der Waals surface area (Å²) in [5, 5.41) is 3.02. The number of hydrogen-bond acceptors (Lipinski definition) is 3. The zero-order valence-corrected chi connectivity index (χ0v) is 15.8. The van der Waals surface area contributed by atoms with Crippen LogP contribution in [0.2, 0.25) is 0 Å². The van der Waals surface area contributed by atoms with Crippen LogP contribution in [0.3, 0.4) is 0 Å². The zero-order valence-electron chi connectivity index (χ0n) is 14.3. The van der Waals surface area contributed by atoms with Crippen LogP contribution in [0.5, 0.6) is 11.5 Å². The third kappa shape index (κ3) is 4.07. The second kappa shape index (κ2) is 7.37. The third-order valence-electron chi connectivity index (χ3n) is 4.85. The minimum absolute atomic E-state index is 0.102. The Labute approximate surface area is 160 Å². The number of nitrogens with one attached hydrogen (secondary N) is 1. The van der Waals surface area contributed by atoms with E-state index in [-0.39, 0.29) is 17.7 Å². The molecule has 4 nitrogen and oxygen atoms in total. The van der Waals surface area contributed by atoms with Gasteiger partial charge in [-0.05, 0) is 61.7 Å². The van der Waals surface area contributed by atoms with Crippen LogP contribution in [-0.2, 0) is 0 Å². The van der Waals surface area contributed by atoms with Crippen LogP contribution < -0.4 is 10.1 Å². The van der Waals surface area contributed by atoms with Gasteiger partial charge in [-0.1, -0.05) is 15.9 Å². The van der Waals surface area contributed by atoms with Gasteiger partial charge in [0, 0.05) is 35.2 Å². The summed E-state index contributed by atoms with van der Waals surface area (Å²) in [6.45, 7) is 1.92. The van der Waals surface area contributed by atoms with E-state index in [9.17, 15) is 9.18 Å². The highest BCUT2D eigenvalue weighted by Crippen LogP contribution is 2.30. The predicted molar refractivity (Wildman–Crippen MR) is 101 cm³/mol. The molecule has 6 heteroatoms. The lowest BCUT2D eigenvalue weighted by Gasteiger charge is -2.16. The van der Waals surface area contributed by atoms with Crippen LogP contribution >= 0.6 is 15.9 Å². The average Bonchev–Trinajstić information content (AvgIpc) is 3.38. The summed E-state index contributed by atoms with van der Waals surface area (Å²) >= 11 is 3.34. The second-order valence-electron chi connectivity index (χ2n) is 6.89. The molecule has 0 bridgehead atoms. The lowest BCUT2D eigenvalue weighted by molar-refractivity contribution is 0.0937. The highest BCUT2D eigenvalue weighted by molar-refractivity contribution is 9.10. The monoisotopic (exact) mass is 418 g/mol. The molecule has 2 fully saturated rings. The van der Waals surface area contributed by atoms with Gasteiger partial charge in [-0.25, -0.2) is 4.39 Å². The molecule has 4 rings (SSSR count). The van der Waals surface area contributed by atoms with Gasteiger partial charge in [-0.15, -0.1) is 0 Å². The molecule has 0 spiro atoms. The lowest BCUT2D eigenvalue weighted by atomic mass is 10.1. The number of halogens is 2. The topological polar surface area (TPSA) is 41.6 Å². The Hall–Kier alpha value is -1.92. The Morgan fingerprint density at radius 1 is 1.15 bits per heavy atom. The van der Waals surface area contributed by atoms with Crippen molar-refractivity contribution in [3.8, 4) is 11.5 Å². The molecular weight excluding hydrogens is 399 g/mol. The van der Waals surface area contributed by atoms with E-state index in [4.69, 9.17) is 4.74 Å². The average molecular weight is 419 g/mol. The fourth-order valence-corrected chi connectivity index (χ4v) is 3.56. The lowest BCUT2D eigenvalue weighted by Crippen LogP contribution is -2.37. The van der Waals surface area contributed by atoms with Crippen LogP contribution in [0, 0.1) is 5.82 Å². The van der Waals surface area contributed by atoms with E-state index >= 15 is 0 Å².